The summed E-state index contributed by atoms with van der Waals surface area (Å²) >= 11 is 1.25. The van der Waals surface area contributed by atoms with Gasteiger partial charge in [-0.1, -0.05) is 24.2 Å². The fraction of sp³-hybridized carbons (Fsp3) is 0.643. The molecular weight excluding hydrogens is 274 g/mol. The monoisotopic (exact) mass is 295 g/mol. The van der Waals surface area contributed by atoms with E-state index in [0.717, 1.165) is 25.9 Å². The molecule has 1 fully saturated rings. The molecule has 2 rings (SSSR count). The van der Waals surface area contributed by atoms with Gasteiger partial charge < -0.3 is 5.32 Å². The van der Waals surface area contributed by atoms with E-state index in [2.05, 4.69) is 15.2 Å². The molecule has 0 atom stereocenters. The standard InChI is InChI=1S/C14H21N3O2S/c1-10-13(11(2)18)20-14(15-10)16-12(19)9-17-7-5-3-4-6-8-17/h3-9H2,1-2H3,(H,15,16,19). The van der Waals surface area contributed by atoms with Gasteiger partial charge in [-0.05, 0) is 32.9 Å². The minimum atomic E-state index is -0.0456. The zero-order chi connectivity index (χ0) is 14.5. The number of amides is 1. The maximum Gasteiger partial charge on any atom is 0.240 e. The molecule has 1 aliphatic rings. The summed E-state index contributed by atoms with van der Waals surface area (Å²) < 4.78 is 0. The Kier molecular flexibility index (Phi) is 5.25. The summed E-state index contributed by atoms with van der Waals surface area (Å²) in [6.07, 6.45) is 4.84. The number of rotatable bonds is 4. The number of carbonyl (C=O) groups excluding carboxylic acids is 2. The molecule has 0 aromatic carbocycles. The van der Waals surface area contributed by atoms with Crippen molar-refractivity contribution in [2.45, 2.75) is 39.5 Å². The van der Waals surface area contributed by atoms with E-state index in [1.54, 1.807) is 6.92 Å². The number of anilines is 1. The molecule has 2 heterocycles. The van der Waals surface area contributed by atoms with E-state index >= 15 is 0 Å². The van der Waals surface area contributed by atoms with Crippen LogP contribution in [-0.4, -0.2) is 41.2 Å². The number of likely N-dealkylation sites (tertiary alicyclic amines) is 1. The van der Waals surface area contributed by atoms with Crippen molar-refractivity contribution in [3.63, 3.8) is 0 Å². The fourth-order valence-corrected chi connectivity index (χ4v) is 3.31. The fourth-order valence-electron chi connectivity index (χ4n) is 2.43. The molecule has 1 aliphatic heterocycles. The number of Topliss-reactive ketones (excluding diaryl/α,β-unsaturated/α-hetero) is 1. The Morgan fingerprint density at radius 1 is 1.25 bits per heavy atom. The van der Waals surface area contributed by atoms with E-state index in [4.69, 9.17) is 0 Å². The van der Waals surface area contributed by atoms with Crippen LogP contribution in [0.4, 0.5) is 5.13 Å². The number of aromatic nitrogens is 1. The van der Waals surface area contributed by atoms with Gasteiger partial charge in [-0.3, -0.25) is 14.5 Å². The van der Waals surface area contributed by atoms with Gasteiger partial charge in [-0.2, -0.15) is 0 Å². The number of carbonyl (C=O) groups is 2. The van der Waals surface area contributed by atoms with Gasteiger partial charge in [0.05, 0.1) is 17.1 Å². The summed E-state index contributed by atoms with van der Waals surface area (Å²) in [5.74, 6) is -0.0521. The third-order valence-corrected chi connectivity index (χ3v) is 4.60. The molecule has 1 saturated heterocycles. The lowest BCUT2D eigenvalue weighted by atomic mass is 10.2. The Bertz CT molecular complexity index is 491. The van der Waals surface area contributed by atoms with Crippen LogP contribution in [0.5, 0.6) is 0 Å². The molecule has 20 heavy (non-hydrogen) atoms. The second-order valence-corrected chi connectivity index (χ2v) is 6.23. The van der Waals surface area contributed by atoms with Gasteiger partial charge in [0.1, 0.15) is 0 Å². The van der Waals surface area contributed by atoms with Crippen LogP contribution in [-0.2, 0) is 4.79 Å². The van der Waals surface area contributed by atoms with Gasteiger partial charge in [-0.25, -0.2) is 4.98 Å². The smallest absolute Gasteiger partial charge is 0.240 e. The van der Waals surface area contributed by atoms with Crippen LogP contribution in [0.25, 0.3) is 0 Å². The lowest BCUT2D eigenvalue weighted by molar-refractivity contribution is -0.117. The Hall–Kier alpha value is -1.27. The van der Waals surface area contributed by atoms with Gasteiger partial charge >= 0.3 is 0 Å². The lowest BCUT2D eigenvalue weighted by Gasteiger charge is -2.18. The summed E-state index contributed by atoms with van der Waals surface area (Å²) in [7, 11) is 0. The van der Waals surface area contributed by atoms with Crippen molar-refractivity contribution in [2.75, 3.05) is 25.0 Å². The third kappa shape index (κ3) is 4.11. The van der Waals surface area contributed by atoms with Crippen LogP contribution in [0.3, 0.4) is 0 Å². The Labute approximate surface area is 123 Å². The molecule has 0 spiro atoms. The maximum atomic E-state index is 12.0. The largest absolute Gasteiger partial charge is 0.301 e. The van der Waals surface area contributed by atoms with Crippen molar-refractivity contribution in [3.05, 3.63) is 10.6 Å². The number of thiazole rings is 1. The second-order valence-electron chi connectivity index (χ2n) is 5.23. The second kappa shape index (κ2) is 6.95. The molecule has 0 unspecified atom stereocenters. The van der Waals surface area contributed by atoms with Crippen molar-refractivity contribution in [1.82, 2.24) is 9.88 Å². The number of nitrogens with one attached hydrogen (secondary N) is 1. The Morgan fingerprint density at radius 2 is 1.90 bits per heavy atom. The summed E-state index contributed by atoms with van der Waals surface area (Å²) in [5.41, 5.74) is 0.688. The maximum absolute atomic E-state index is 12.0. The highest BCUT2D eigenvalue weighted by Gasteiger charge is 2.16. The average molecular weight is 295 g/mol. The number of ketones is 1. The summed E-state index contributed by atoms with van der Waals surface area (Å²) in [6, 6.07) is 0. The van der Waals surface area contributed by atoms with Gasteiger partial charge in [0.15, 0.2) is 10.9 Å². The van der Waals surface area contributed by atoms with Crippen molar-refractivity contribution < 1.29 is 9.59 Å². The van der Waals surface area contributed by atoms with Gasteiger partial charge in [0.2, 0.25) is 5.91 Å². The first-order chi connectivity index (χ1) is 9.56. The van der Waals surface area contributed by atoms with Gasteiger partial charge in [0.25, 0.3) is 0 Å². The number of hydrogen-bond donors (Lipinski definition) is 1. The van der Waals surface area contributed by atoms with Crippen LogP contribution >= 0.6 is 11.3 Å². The van der Waals surface area contributed by atoms with Crippen molar-refractivity contribution >= 4 is 28.2 Å². The van der Waals surface area contributed by atoms with E-state index in [-0.39, 0.29) is 11.7 Å². The molecule has 6 heteroatoms. The van der Waals surface area contributed by atoms with E-state index in [1.807, 2.05) is 0 Å². The molecule has 0 saturated carbocycles. The van der Waals surface area contributed by atoms with Crippen LogP contribution in [0.2, 0.25) is 0 Å². The molecule has 110 valence electrons. The number of hydrogen-bond acceptors (Lipinski definition) is 5. The van der Waals surface area contributed by atoms with Crippen molar-refractivity contribution in [3.8, 4) is 0 Å². The van der Waals surface area contributed by atoms with Crippen LogP contribution in [0, 0.1) is 6.92 Å². The van der Waals surface area contributed by atoms with Crippen molar-refractivity contribution in [2.24, 2.45) is 0 Å². The van der Waals surface area contributed by atoms with E-state index < -0.39 is 0 Å². The summed E-state index contributed by atoms with van der Waals surface area (Å²) in [5, 5.41) is 3.32. The SMILES string of the molecule is CC(=O)c1sc(NC(=O)CN2CCCCCC2)nc1C. The minimum Gasteiger partial charge on any atom is -0.301 e. The summed E-state index contributed by atoms with van der Waals surface area (Å²) in [4.78, 5) is 30.4. The van der Waals surface area contributed by atoms with E-state index in [0.29, 0.717) is 22.2 Å². The lowest BCUT2D eigenvalue weighted by Crippen LogP contribution is -2.33. The molecule has 0 radical (unpaired) electrons. The highest BCUT2D eigenvalue weighted by molar-refractivity contribution is 7.17. The van der Waals surface area contributed by atoms with Crippen LogP contribution in [0.1, 0.15) is 48.0 Å². The predicted molar refractivity (Wildman–Crippen MR) is 80.4 cm³/mol. The zero-order valence-electron chi connectivity index (χ0n) is 12.1. The third-order valence-electron chi connectivity index (χ3n) is 3.43. The van der Waals surface area contributed by atoms with E-state index in [1.165, 1.54) is 31.1 Å². The summed E-state index contributed by atoms with van der Waals surface area (Å²) in [6.45, 7) is 5.70. The molecule has 0 bridgehead atoms. The first kappa shape index (κ1) is 15.1. The number of aryl methyl sites for hydroxylation is 1. The van der Waals surface area contributed by atoms with Gasteiger partial charge in [-0.15, -0.1) is 0 Å². The zero-order valence-corrected chi connectivity index (χ0v) is 12.9. The Morgan fingerprint density at radius 3 is 2.45 bits per heavy atom. The highest BCUT2D eigenvalue weighted by atomic mass is 32.1. The first-order valence-electron chi connectivity index (χ1n) is 7.07. The normalized spacial score (nSPS) is 16.7. The van der Waals surface area contributed by atoms with Crippen LogP contribution in [0.15, 0.2) is 0 Å². The predicted octanol–water partition coefficient (Wildman–Crippen LogP) is 2.47. The van der Waals surface area contributed by atoms with Gasteiger partial charge in [0, 0.05) is 6.92 Å². The van der Waals surface area contributed by atoms with Crippen molar-refractivity contribution in [1.29, 1.82) is 0 Å². The molecule has 1 amide bonds. The molecule has 1 aromatic heterocycles. The Balaban J connectivity index is 1.90. The van der Waals surface area contributed by atoms with Crippen LogP contribution < -0.4 is 5.32 Å². The molecular formula is C14H21N3O2S. The quantitative estimate of drug-likeness (QED) is 0.867. The topological polar surface area (TPSA) is 62.3 Å². The average Bonchev–Trinajstić information content (AvgIpc) is 2.59. The molecule has 1 N–H and O–H groups in total. The number of nitrogens with zero attached hydrogens (tertiary/aromatic N) is 2. The minimum absolute atomic E-state index is 0.00647. The molecule has 0 aliphatic carbocycles. The van der Waals surface area contributed by atoms with E-state index in [9.17, 15) is 9.59 Å². The molecule has 5 nitrogen and oxygen atoms in total. The first-order valence-corrected chi connectivity index (χ1v) is 7.88. The highest BCUT2D eigenvalue weighted by Crippen LogP contribution is 2.22. The molecule has 1 aromatic rings.